The van der Waals surface area contributed by atoms with E-state index in [1.54, 1.807) is 17.0 Å². The Morgan fingerprint density at radius 3 is 2.74 bits per heavy atom. The summed E-state index contributed by atoms with van der Waals surface area (Å²) >= 11 is 0. The molecule has 180 valence electrons. The van der Waals surface area contributed by atoms with Gasteiger partial charge in [-0.05, 0) is 41.7 Å². The second-order valence-corrected chi connectivity index (χ2v) is 9.72. The topological polar surface area (TPSA) is 93.7 Å². The highest BCUT2D eigenvalue weighted by Crippen LogP contribution is 2.32. The molecule has 3 heterocycles. The number of nitrogens with one attached hydrogen (secondary N) is 2. The summed E-state index contributed by atoms with van der Waals surface area (Å²) in [7, 11) is 0. The Labute approximate surface area is 199 Å². The zero-order valence-corrected chi connectivity index (χ0v) is 19.9. The van der Waals surface area contributed by atoms with Crippen LogP contribution in [0.4, 0.5) is 0 Å². The maximum Gasteiger partial charge on any atom is 0.258 e. The second kappa shape index (κ2) is 9.64. The highest BCUT2D eigenvalue weighted by Gasteiger charge is 2.27. The standard InChI is InChI=1S/C26H33N5O3/c1-17(2)11-23-21-13-22(25(32)14-24(21)29-28-23)26(33)31-15-18-3-4-20(12-19(18)16-31)34-10-9-30-7-5-27-6-8-30/h3-4,12-14,17,27,32H,5-11,15-16H2,1-2H3,(H,28,29). The summed E-state index contributed by atoms with van der Waals surface area (Å²) in [5, 5.41) is 22.2. The van der Waals surface area contributed by atoms with Crippen LogP contribution in [0, 0.1) is 5.92 Å². The van der Waals surface area contributed by atoms with Crippen molar-refractivity contribution >= 4 is 16.8 Å². The third-order valence-corrected chi connectivity index (χ3v) is 6.67. The van der Waals surface area contributed by atoms with Gasteiger partial charge in [-0.1, -0.05) is 19.9 Å². The minimum atomic E-state index is -0.173. The summed E-state index contributed by atoms with van der Waals surface area (Å²) in [6.07, 6.45) is 0.835. The Morgan fingerprint density at radius 2 is 1.94 bits per heavy atom. The molecule has 8 nitrogen and oxygen atoms in total. The third kappa shape index (κ3) is 4.74. The number of carbonyl (C=O) groups is 1. The molecule has 8 heteroatoms. The fourth-order valence-corrected chi connectivity index (χ4v) is 4.84. The van der Waals surface area contributed by atoms with E-state index in [9.17, 15) is 9.90 Å². The van der Waals surface area contributed by atoms with E-state index in [1.807, 2.05) is 18.2 Å². The van der Waals surface area contributed by atoms with Gasteiger partial charge < -0.3 is 20.1 Å². The lowest BCUT2D eigenvalue weighted by atomic mass is 10.0. The number of phenolic OH excluding ortho intramolecular Hbond substituents is 1. The number of ether oxygens (including phenoxy) is 1. The highest BCUT2D eigenvalue weighted by molar-refractivity contribution is 6.01. The van der Waals surface area contributed by atoms with E-state index in [-0.39, 0.29) is 11.7 Å². The molecule has 1 fully saturated rings. The molecule has 5 rings (SSSR count). The molecule has 0 unspecified atom stereocenters. The molecule has 0 bridgehead atoms. The minimum absolute atomic E-state index is 0.0343. The summed E-state index contributed by atoms with van der Waals surface area (Å²) in [6, 6.07) is 9.43. The number of hydrogen-bond acceptors (Lipinski definition) is 6. The van der Waals surface area contributed by atoms with Crippen molar-refractivity contribution in [1.82, 2.24) is 25.3 Å². The number of amides is 1. The molecule has 2 aliphatic heterocycles. The van der Waals surface area contributed by atoms with E-state index >= 15 is 0 Å². The predicted octanol–water partition coefficient (Wildman–Crippen LogP) is 2.91. The molecule has 0 spiro atoms. The van der Waals surface area contributed by atoms with Crippen LogP contribution in [0.3, 0.4) is 0 Å². The van der Waals surface area contributed by atoms with Crippen molar-refractivity contribution in [2.45, 2.75) is 33.4 Å². The lowest BCUT2D eigenvalue weighted by Gasteiger charge is -2.26. The van der Waals surface area contributed by atoms with Gasteiger partial charge in [0.15, 0.2) is 0 Å². The molecule has 0 atom stereocenters. The Balaban J connectivity index is 1.26. The van der Waals surface area contributed by atoms with Crippen molar-refractivity contribution in [2.24, 2.45) is 5.92 Å². The lowest BCUT2D eigenvalue weighted by Crippen LogP contribution is -2.44. The predicted molar refractivity (Wildman–Crippen MR) is 131 cm³/mol. The fourth-order valence-electron chi connectivity index (χ4n) is 4.84. The van der Waals surface area contributed by atoms with E-state index in [4.69, 9.17) is 4.74 Å². The molecule has 1 saturated heterocycles. The third-order valence-electron chi connectivity index (χ3n) is 6.67. The minimum Gasteiger partial charge on any atom is -0.507 e. The SMILES string of the molecule is CC(C)Cc1[nH]nc2cc(O)c(C(=O)N3Cc4ccc(OCCN5CCNCC5)cc4C3)cc12. The van der Waals surface area contributed by atoms with Crippen LogP contribution in [0.25, 0.3) is 10.9 Å². The molecule has 0 aliphatic carbocycles. The van der Waals surface area contributed by atoms with Crippen molar-refractivity contribution in [3.8, 4) is 11.5 Å². The van der Waals surface area contributed by atoms with Gasteiger partial charge in [0.1, 0.15) is 18.1 Å². The van der Waals surface area contributed by atoms with Gasteiger partial charge in [0.25, 0.3) is 5.91 Å². The smallest absolute Gasteiger partial charge is 0.258 e. The van der Waals surface area contributed by atoms with Gasteiger partial charge in [-0.25, -0.2) is 0 Å². The van der Waals surface area contributed by atoms with Gasteiger partial charge in [0, 0.05) is 63.0 Å². The first kappa shape index (κ1) is 22.7. The molecule has 0 radical (unpaired) electrons. The molecule has 3 aromatic rings. The Hall–Kier alpha value is -3.10. The Kier molecular flexibility index (Phi) is 6.43. The first-order chi connectivity index (χ1) is 16.5. The average molecular weight is 464 g/mol. The molecular weight excluding hydrogens is 430 g/mol. The van der Waals surface area contributed by atoms with Gasteiger partial charge in [0.2, 0.25) is 0 Å². The van der Waals surface area contributed by atoms with Crippen molar-refractivity contribution in [3.63, 3.8) is 0 Å². The average Bonchev–Trinajstić information content (AvgIpc) is 3.42. The quantitative estimate of drug-likeness (QED) is 0.499. The molecule has 2 aromatic carbocycles. The van der Waals surface area contributed by atoms with Gasteiger partial charge >= 0.3 is 0 Å². The summed E-state index contributed by atoms with van der Waals surface area (Å²) in [6.45, 7) is 11.1. The zero-order valence-electron chi connectivity index (χ0n) is 19.9. The molecule has 2 aliphatic rings. The maximum atomic E-state index is 13.4. The first-order valence-electron chi connectivity index (χ1n) is 12.1. The molecule has 1 amide bonds. The number of phenols is 1. The Morgan fingerprint density at radius 1 is 1.15 bits per heavy atom. The van der Waals surface area contributed by atoms with Crippen LogP contribution in [0.2, 0.25) is 0 Å². The van der Waals surface area contributed by atoms with Crippen LogP contribution in [-0.2, 0) is 19.5 Å². The van der Waals surface area contributed by atoms with Gasteiger partial charge in [-0.15, -0.1) is 0 Å². The lowest BCUT2D eigenvalue weighted by molar-refractivity contribution is 0.0748. The number of aromatic hydroxyl groups is 1. The van der Waals surface area contributed by atoms with Crippen molar-refractivity contribution in [1.29, 1.82) is 0 Å². The van der Waals surface area contributed by atoms with Crippen molar-refractivity contribution in [3.05, 3.63) is 52.7 Å². The van der Waals surface area contributed by atoms with Gasteiger partial charge in [-0.2, -0.15) is 5.10 Å². The first-order valence-corrected chi connectivity index (χ1v) is 12.1. The van der Waals surface area contributed by atoms with E-state index in [1.165, 1.54) is 0 Å². The summed E-state index contributed by atoms with van der Waals surface area (Å²) in [5.41, 5.74) is 4.20. The fraction of sp³-hybridized carbons (Fsp3) is 0.462. The number of nitrogens with zero attached hydrogens (tertiary/aromatic N) is 3. The number of aromatic amines is 1. The van der Waals surface area contributed by atoms with Gasteiger partial charge in [0.05, 0.1) is 11.1 Å². The van der Waals surface area contributed by atoms with E-state index in [0.717, 1.165) is 67.1 Å². The van der Waals surface area contributed by atoms with Gasteiger partial charge in [-0.3, -0.25) is 14.8 Å². The van der Waals surface area contributed by atoms with Crippen LogP contribution in [0.15, 0.2) is 30.3 Å². The number of fused-ring (bicyclic) bond motifs is 2. The molecule has 0 saturated carbocycles. The van der Waals surface area contributed by atoms with Crippen molar-refractivity contribution < 1.29 is 14.6 Å². The number of benzene rings is 2. The van der Waals surface area contributed by atoms with Crippen LogP contribution in [0.5, 0.6) is 11.5 Å². The number of H-pyrrole nitrogens is 1. The number of carbonyl (C=O) groups excluding carboxylic acids is 1. The van der Waals surface area contributed by atoms with E-state index in [0.29, 0.717) is 36.7 Å². The molecular formula is C26H33N5O3. The number of piperazine rings is 1. The molecule has 3 N–H and O–H groups in total. The molecule has 1 aromatic heterocycles. The van der Waals surface area contributed by atoms with E-state index in [2.05, 4.69) is 34.3 Å². The second-order valence-electron chi connectivity index (χ2n) is 9.72. The highest BCUT2D eigenvalue weighted by atomic mass is 16.5. The summed E-state index contributed by atoms with van der Waals surface area (Å²) in [5.74, 6) is 1.09. The normalized spacial score (nSPS) is 16.4. The number of rotatable bonds is 7. The van der Waals surface area contributed by atoms with Crippen molar-refractivity contribution in [2.75, 3.05) is 39.3 Å². The Bertz CT molecular complexity index is 1180. The number of aromatic nitrogens is 2. The van der Waals surface area contributed by atoms with Crippen LogP contribution >= 0.6 is 0 Å². The maximum absolute atomic E-state index is 13.4. The summed E-state index contributed by atoms with van der Waals surface area (Å²) < 4.78 is 6.00. The number of hydrogen-bond donors (Lipinski definition) is 3. The van der Waals surface area contributed by atoms with E-state index < -0.39 is 0 Å². The van der Waals surface area contributed by atoms with Crippen LogP contribution < -0.4 is 10.1 Å². The van der Waals surface area contributed by atoms with Crippen LogP contribution in [-0.4, -0.2) is 70.3 Å². The zero-order chi connectivity index (χ0) is 23.7. The largest absolute Gasteiger partial charge is 0.507 e. The molecule has 34 heavy (non-hydrogen) atoms. The summed E-state index contributed by atoms with van der Waals surface area (Å²) in [4.78, 5) is 17.5. The monoisotopic (exact) mass is 463 g/mol. The van der Waals surface area contributed by atoms with Crippen LogP contribution in [0.1, 0.15) is 41.0 Å².